The van der Waals surface area contributed by atoms with Gasteiger partial charge >= 0.3 is 0 Å². The first-order valence-electron chi connectivity index (χ1n) is 12.4. The van der Waals surface area contributed by atoms with Gasteiger partial charge in [-0.15, -0.1) is 0 Å². The van der Waals surface area contributed by atoms with Crippen LogP contribution in [-0.4, -0.2) is 63.1 Å². The Hall–Kier alpha value is -3.59. The average molecular weight is 494 g/mol. The Morgan fingerprint density at radius 3 is 2.58 bits per heavy atom. The number of para-hydroxylation sites is 1. The van der Waals surface area contributed by atoms with Crippen molar-refractivity contribution < 1.29 is 28.6 Å². The molecule has 1 atom stereocenters. The zero-order valence-electron chi connectivity index (χ0n) is 20.6. The van der Waals surface area contributed by atoms with Crippen molar-refractivity contribution in [3.8, 4) is 11.5 Å². The van der Waals surface area contributed by atoms with E-state index >= 15 is 0 Å². The molecule has 36 heavy (non-hydrogen) atoms. The molecule has 0 aliphatic carbocycles. The molecule has 5 rings (SSSR count). The van der Waals surface area contributed by atoms with Gasteiger partial charge in [-0.3, -0.25) is 19.3 Å². The van der Waals surface area contributed by atoms with Crippen molar-refractivity contribution in [2.75, 3.05) is 45.4 Å². The van der Waals surface area contributed by atoms with Crippen LogP contribution in [-0.2, 0) is 9.53 Å². The van der Waals surface area contributed by atoms with Gasteiger partial charge in [0.2, 0.25) is 5.91 Å². The minimum absolute atomic E-state index is 0.0301. The van der Waals surface area contributed by atoms with Crippen molar-refractivity contribution >= 4 is 23.4 Å². The van der Waals surface area contributed by atoms with Gasteiger partial charge in [0, 0.05) is 38.3 Å². The third-order valence-corrected chi connectivity index (χ3v) is 7.21. The fraction of sp³-hybridized carbons (Fsp3) is 0.444. The van der Waals surface area contributed by atoms with Crippen LogP contribution in [0, 0.1) is 5.92 Å². The Morgan fingerprint density at radius 1 is 1.06 bits per heavy atom. The number of nitrogens with one attached hydrogen (secondary N) is 1. The maximum absolute atomic E-state index is 13.7. The van der Waals surface area contributed by atoms with Gasteiger partial charge in [0.1, 0.15) is 6.17 Å². The molecule has 9 nitrogen and oxygen atoms in total. The van der Waals surface area contributed by atoms with E-state index in [1.165, 1.54) is 14.2 Å². The third kappa shape index (κ3) is 4.17. The second kappa shape index (κ2) is 10.2. The lowest BCUT2D eigenvalue weighted by Gasteiger charge is -2.41. The van der Waals surface area contributed by atoms with E-state index < -0.39 is 6.17 Å². The summed E-state index contributed by atoms with van der Waals surface area (Å²) in [4.78, 5) is 43.1. The van der Waals surface area contributed by atoms with Crippen molar-refractivity contribution in [1.82, 2.24) is 10.2 Å². The molecule has 3 aliphatic rings. The number of anilines is 1. The Balaban J connectivity index is 1.37. The Labute approximate surface area is 210 Å². The molecule has 1 saturated heterocycles. The first-order chi connectivity index (χ1) is 17.5. The highest BCUT2D eigenvalue weighted by Gasteiger charge is 2.49. The molecule has 3 aliphatic heterocycles. The summed E-state index contributed by atoms with van der Waals surface area (Å²) in [5, 5.41) is 3.02. The van der Waals surface area contributed by atoms with Crippen LogP contribution in [0.4, 0.5) is 5.69 Å². The summed E-state index contributed by atoms with van der Waals surface area (Å²) < 4.78 is 16.3. The van der Waals surface area contributed by atoms with E-state index in [4.69, 9.17) is 14.2 Å². The van der Waals surface area contributed by atoms with E-state index in [1.54, 1.807) is 34.1 Å². The van der Waals surface area contributed by atoms with E-state index in [9.17, 15) is 14.4 Å². The second-order valence-corrected chi connectivity index (χ2v) is 9.29. The van der Waals surface area contributed by atoms with E-state index in [2.05, 4.69) is 5.32 Å². The SMILES string of the molecule is COc1ccc2c(c1OC)C(=O)N1c3ccccc3C(=O)N(CCCC(=O)NCC3CCOCC3)[C@@H]21. The molecule has 0 aromatic heterocycles. The molecule has 0 spiro atoms. The van der Waals surface area contributed by atoms with Gasteiger partial charge in [0.25, 0.3) is 11.8 Å². The summed E-state index contributed by atoms with van der Waals surface area (Å²) in [6.07, 6.45) is 2.09. The number of carbonyl (C=O) groups excluding carboxylic acids is 3. The number of hydrogen-bond acceptors (Lipinski definition) is 6. The molecule has 9 heteroatoms. The minimum Gasteiger partial charge on any atom is -0.493 e. The maximum Gasteiger partial charge on any atom is 0.264 e. The molecule has 2 aromatic rings. The zero-order valence-corrected chi connectivity index (χ0v) is 20.6. The Kier molecular flexibility index (Phi) is 6.82. The maximum atomic E-state index is 13.7. The predicted molar refractivity (Wildman–Crippen MR) is 132 cm³/mol. The van der Waals surface area contributed by atoms with Crippen molar-refractivity contribution in [1.29, 1.82) is 0 Å². The van der Waals surface area contributed by atoms with Gasteiger partial charge in [-0.25, -0.2) is 0 Å². The first-order valence-corrected chi connectivity index (χ1v) is 12.4. The van der Waals surface area contributed by atoms with E-state index in [1.807, 2.05) is 12.1 Å². The van der Waals surface area contributed by atoms with Crippen molar-refractivity contribution in [2.45, 2.75) is 31.8 Å². The van der Waals surface area contributed by atoms with Crippen LogP contribution in [0.2, 0.25) is 0 Å². The summed E-state index contributed by atoms with van der Waals surface area (Å²) in [6.45, 7) is 2.47. The number of hydrogen-bond donors (Lipinski definition) is 1. The lowest BCUT2D eigenvalue weighted by molar-refractivity contribution is -0.121. The van der Waals surface area contributed by atoms with Gasteiger partial charge < -0.3 is 24.4 Å². The lowest BCUT2D eigenvalue weighted by atomic mass is 10.0. The van der Waals surface area contributed by atoms with Crippen LogP contribution in [0.5, 0.6) is 11.5 Å². The molecular formula is C27H31N3O6. The molecule has 0 bridgehead atoms. The number of amides is 3. The van der Waals surface area contributed by atoms with Crippen molar-refractivity contribution in [3.05, 3.63) is 53.1 Å². The number of carbonyl (C=O) groups is 3. The first kappa shape index (κ1) is 24.1. The summed E-state index contributed by atoms with van der Waals surface area (Å²) in [6, 6.07) is 10.7. The quantitative estimate of drug-likeness (QED) is 0.607. The van der Waals surface area contributed by atoms with Crippen LogP contribution in [0.15, 0.2) is 36.4 Å². The molecule has 190 valence electrons. The Bertz CT molecular complexity index is 1180. The number of rotatable bonds is 8. The van der Waals surface area contributed by atoms with E-state index in [0.29, 0.717) is 65.7 Å². The van der Waals surface area contributed by atoms with Gasteiger partial charge in [0.15, 0.2) is 11.5 Å². The van der Waals surface area contributed by atoms with Crippen molar-refractivity contribution in [3.63, 3.8) is 0 Å². The number of nitrogens with zero attached hydrogens (tertiary/aromatic N) is 2. The third-order valence-electron chi connectivity index (χ3n) is 7.21. The fourth-order valence-corrected chi connectivity index (χ4v) is 5.36. The highest BCUT2D eigenvalue weighted by atomic mass is 16.5. The lowest BCUT2D eigenvalue weighted by Crippen LogP contribution is -2.48. The zero-order chi connectivity index (χ0) is 25.2. The van der Waals surface area contributed by atoms with Crippen LogP contribution in [0.3, 0.4) is 0 Å². The summed E-state index contributed by atoms with van der Waals surface area (Å²) in [7, 11) is 3.02. The van der Waals surface area contributed by atoms with E-state index in [-0.39, 0.29) is 17.7 Å². The topological polar surface area (TPSA) is 97.4 Å². The van der Waals surface area contributed by atoms with Crippen LogP contribution < -0.4 is 19.7 Å². The monoisotopic (exact) mass is 493 g/mol. The molecule has 3 amide bonds. The molecule has 0 radical (unpaired) electrons. The average Bonchev–Trinajstić information content (AvgIpc) is 3.21. The summed E-state index contributed by atoms with van der Waals surface area (Å²) in [5.41, 5.74) is 2.11. The number of fused-ring (bicyclic) bond motifs is 5. The van der Waals surface area contributed by atoms with Crippen LogP contribution in [0.1, 0.15) is 58.1 Å². The predicted octanol–water partition coefficient (Wildman–Crippen LogP) is 3.14. The molecule has 1 fully saturated rings. The summed E-state index contributed by atoms with van der Waals surface area (Å²) >= 11 is 0. The van der Waals surface area contributed by atoms with Gasteiger partial charge in [-0.2, -0.15) is 0 Å². The smallest absolute Gasteiger partial charge is 0.264 e. The van der Waals surface area contributed by atoms with E-state index in [0.717, 1.165) is 26.1 Å². The van der Waals surface area contributed by atoms with Crippen LogP contribution in [0.25, 0.3) is 0 Å². The number of benzene rings is 2. The highest BCUT2D eigenvalue weighted by molar-refractivity contribution is 6.18. The normalized spacial score (nSPS) is 19.0. The minimum atomic E-state index is -0.611. The second-order valence-electron chi connectivity index (χ2n) is 9.29. The number of ether oxygens (including phenoxy) is 3. The largest absolute Gasteiger partial charge is 0.493 e. The standard InChI is InChI=1S/C27H31N3O6/c1-34-21-10-9-19-23(24(21)35-2)27(33)30-20-7-4-3-6-18(20)26(32)29(25(19)30)13-5-8-22(31)28-16-17-11-14-36-15-12-17/h3-4,6-7,9-10,17,25H,5,8,11-16H2,1-2H3,(H,28,31)/t25-/m1/s1. The molecule has 3 heterocycles. The molecule has 2 aromatic carbocycles. The van der Waals surface area contributed by atoms with Gasteiger partial charge in [-0.05, 0) is 43.4 Å². The fourth-order valence-electron chi connectivity index (χ4n) is 5.36. The van der Waals surface area contributed by atoms with Crippen LogP contribution >= 0.6 is 0 Å². The highest BCUT2D eigenvalue weighted by Crippen LogP contribution is 2.49. The molecule has 0 saturated carbocycles. The summed E-state index contributed by atoms with van der Waals surface area (Å²) in [5.74, 6) is 0.820. The molecule has 1 N–H and O–H groups in total. The Morgan fingerprint density at radius 2 is 1.83 bits per heavy atom. The van der Waals surface area contributed by atoms with Crippen molar-refractivity contribution in [2.24, 2.45) is 5.92 Å². The molecular weight excluding hydrogens is 462 g/mol. The van der Waals surface area contributed by atoms with Gasteiger partial charge in [-0.1, -0.05) is 18.2 Å². The van der Waals surface area contributed by atoms with Gasteiger partial charge in [0.05, 0.1) is 31.0 Å². The molecule has 0 unspecified atom stereocenters. The number of methoxy groups -OCH3 is 2.